The van der Waals surface area contributed by atoms with Crippen LogP contribution in [-0.4, -0.2) is 18.0 Å². The van der Waals surface area contributed by atoms with Crippen LogP contribution in [0.4, 0.5) is 11.4 Å². The molecule has 0 bridgehead atoms. The molecule has 0 spiro atoms. The summed E-state index contributed by atoms with van der Waals surface area (Å²) < 4.78 is 11.4. The third-order valence-corrected chi connectivity index (χ3v) is 5.59. The second-order valence-electron chi connectivity index (χ2n) is 7.63. The van der Waals surface area contributed by atoms with Crippen molar-refractivity contribution in [3.63, 3.8) is 0 Å². The number of anilines is 2. The number of carbonyl (C=O) groups excluding carboxylic acids is 1. The number of fused-ring (bicyclic) bond motifs is 1. The molecule has 1 amide bonds. The van der Waals surface area contributed by atoms with Crippen molar-refractivity contribution in [2.45, 2.75) is 12.8 Å². The second-order valence-corrected chi connectivity index (χ2v) is 7.63. The van der Waals surface area contributed by atoms with Gasteiger partial charge in [0.1, 0.15) is 18.5 Å². The highest BCUT2D eigenvalue weighted by molar-refractivity contribution is 6.12. The van der Waals surface area contributed by atoms with E-state index in [1.54, 1.807) is 18.2 Å². The molecule has 0 aliphatic carbocycles. The molecule has 6 heteroatoms. The maximum Gasteiger partial charge on any atom is 0.262 e. The maximum atomic E-state index is 13.5. The Morgan fingerprint density at radius 3 is 2.52 bits per heavy atom. The van der Waals surface area contributed by atoms with E-state index < -0.39 is 6.17 Å². The molecular formula is C27H23N3O3. The molecule has 164 valence electrons. The number of aromatic nitrogens is 1. The van der Waals surface area contributed by atoms with E-state index in [2.05, 4.69) is 10.3 Å². The predicted octanol–water partition coefficient (Wildman–Crippen LogP) is 5.44. The SMILES string of the molecule is COc1ccc([C@@H]2Nc3ccccc3C(=O)N2c2ccccc2)cc1COc1ccccn1. The summed E-state index contributed by atoms with van der Waals surface area (Å²) in [5.74, 6) is 1.20. The number of methoxy groups -OCH3 is 1. The van der Waals surface area contributed by atoms with Crippen LogP contribution in [0.25, 0.3) is 0 Å². The number of hydrogen-bond donors (Lipinski definition) is 1. The van der Waals surface area contributed by atoms with E-state index >= 15 is 0 Å². The number of pyridine rings is 1. The highest BCUT2D eigenvalue weighted by Gasteiger charge is 2.34. The van der Waals surface area contributed by atoms with E-state index in [-0.39, 0.29) is 12.5 Å². The number of nitrogens with zero attached hydrogens (tertiary/aromatic N) is 2. The zero-order valence-electron chi connectivity index (χ0n) is 18.1. The van der Waals surface area contributed by atoms with Crippen LogP contribution in [0, 0.1) is 0 Å². The van der Waals surface area contributed by atoms with Gasteiger partial charge in [0.05, 0.1) is 12.7 Å². The number of amides is 1. The maximum absolute atomic E-state index is 13.5. The first-order chi connectivity index (χ1) is 16.2. The Morgan fingerprint density at radius 1 is 0.939 bits per heavy atom. The molecule has 3 aromatic carbocycles. The monoisotopic (exact) mass is 437 g/mol. The summed E-state index contributed by atoms with van der Waals surface area (Å²) in [6.07, 6.45) is 1.30. The van der Waals surface area contributed by atoms with Crippen molar-refractivity contribution in [3.8, 4) is 11.6 Å². The molecule has 1 N–H and O–H groups in total. The van der Waals surface area contributed by atoms with Crippen LogP contribution in [0.5, 0.6) is 11.6 Å². The Hall–Kier alpha value is -4.32. The summed E-state index contributed by atoms with van der Waals surface area (Å²) in [7, 11) is 1.63. The van der Waals surface area contributed by atoms with Gasteiger partial charge in [0, 0.05) is 29.2 Å². The fraction of sp³-hybridized carbons (Fsp3) is 0.111. The molecule has 0 fully saturated rings. The van der Waals surface area contributed by atoms with Crippen LogP contribution in [0.2, 0.25) is 0 Å². The van der Waals surface area contributed by atoms with E-state index in [0.29, 0.717) is 17.2 Å². The number of hydrogen-bond acceptors (Lipinski definition) is 5. The minimum Gasteiger partial charge on any atom is -0.496 e. The summed E-state index contributed by atoms with van der Waals surface area (Å²) >= 11 is 0. The summed E-state index contributed by atoms with van der Waals surface area (Å²) in [5.41, 5.74) is 4.05. The first-order valence-electron chi connectivity index (χ1n) is 10.7. The van der Waals surface area contributed by atoms with E-state index in [0.717, 1.165) is 22.5 Å². The molecule has 33 heavy (non-hydrogen) atoms. The predicted molar refractivity (Wildman–Crippen MR) is 128 cm³/mol. The molecule has 5 rings (SSSR count). The first kappa shape index (κ1) is 20.6. The molecule has 1 aliphatic heterocycles. The highest BCUT2D eigenvalue weighted by atomic mass is 16.5. The van der Waals surface area contributed by atoms with Crippen molar-refractivity contribution < 1.29 is 14.3 Å². The number of carbonyl (C=O) groups is 1. The van der Waals surface area contributed by atoms with Crippen LogP contribution in [-0.2, 0) is 6.61 Å². The molecule has 1 aliphatic rings. The number of rotatable bonds is 6. The van der Waals surface area contributed by atoms with Crippen molar-refractivity contribution in [3.05, 3.63) is 114 Å². The Balaban J connectivity index is 1.54. The molecule has 1 atom stereocenters. The lowest BCUT2D eigenvalue weighted by molar-refractivity contribution is 0.0975. The van der Waals surface area contributed by atoms with E-state index in [9.17, 15) is 4.79 Å². The van der Waals surface area contributed by atoms with Crippen molar-refractivity contribution >= 4 is 17.3 Å². The highest BCUT2D eigenvalue weighted by Crippen LogP contribution is 2.37. The molecule has 0 saturated heterocycles. The van der Waals surface area contributed by atoms with Crippen LogP contribution in [0.3, 0.4) is 0 Å². The van der Waals surface area contributed by atoms with Crippen LogP contribution in [0.15, 0.2) is 97.2 Å². The minimum atomic E-state index is -0.394. The van der Waals surface area contributed by atoms with E-state index in [1.165, 1.54) is 0 Å². The average Bonchev–Trinajstić information content (AvgIpc) is 2.88. The Bertz CT molecular complexity index is 1260. The van der Waals surface area contributed by atoms with Gasteiger partial charge in [-0.25, -0.2) is 4.98 Å². The molecule has 4 aromatic rings. The fourth-order valence-corrected chi connectivity index (χ4v) is 4.01. The van der Waals surface area contributed by atoms with Crippen LogP contribution >= 0.6 is 0 Å². The molecule has 1 aromatic heterocycles. The van der Waals surface area contributed by atoms with Crippen molar-refractivity contribution in [1.82, 2.24) is 4.98 Å². The summed E-state index contributed by atoms with van der Waals surface area (Å²) in [6, 6.07) is 28.7. The molecule has 2 heterocycles. The molecular weight excluding hydrogens is 414 g/mol. The van der Waals surface area contributed by atoms with Gasteiger partial charge in [-0.3, -0.25) is 9.69 Å². The second kappa shape index (κ2) is 9.04. The Morgan fingerprint density at radius 2 is 1.73 bits per heavy atom. The largest absolute Gasteiger partial charge is 0.496 e. The third-order valence-electron chi connectivity index (χ3n) is 5.59. The van der Waals surface area contributed by atoms with Crippen LogP contribution in [0.1, 0.15) is 27.7 Å². The van der Waals surface area contributed by atoms with Crippen LogP contribution < -0.4 is 19.7 Å². The smallest absolute Gasteiger partial charge is 0.262 e. The van der Waals surface area contributed by atoms with Crippen molar-refractivity contribution in [2.75, 3.05) is 17.3 Å². The lowest BCUT2D eigenvalue weighted by Gasteiger charge is -2.38. The minimum absolute atomic E-state index is 0.0531. The van der Waals surface area contributed by atoms with Gasteiger partial charge in [0.2, 0.25) is 5.88 Å². The molecule has 0 radical (unpaired) electrons. The lowest BCUT2D eigenvalue weighted by atomic mass is 10.0. The standard InChI is InChI=1S/C27H23N3O3/c1-32-24-15-14-19(17-20(24)18-33-25-13-7-8-16-28-25)26-29-23-12-6-5-11-22(23)27(31)30(26)21-9-3-2-4-10-21/h2-17,26,29H,18H2,1H3/t26-/m1/s1. The van der Waals surface area contributed by atoms with Gasteiger partial charge in [-0.05, 0) is 48.0 Å². The number of para-hydroxylation sites is 2. The topological polar surface area (TPSA) is 63.7 Å². The summed E-state index contributed by atoms with van der Waals surface area (Å²) in [4.78, 5) is 19.6. The average molecular weight is 437 g/mol. The van der Waals surface area contributed by atoms with Gasteiger partial charge in [0.25, 0.3) is 5.91 Å². The summed E-state index contributed by atoms with van der Waals surface area (Å²) in [5, 5.41) is 3.54. The van der Waals surface area contributed by atoms with Gasteiger partial charge in [0.15, 0.2) is 0 Å². The zero-order chi connectivity index (χ0) is 22.6. The quantitative estimate of drug-likeness (QED) is 0.435. The van der Waals surface area contributed by atoms with Crippen molar-refractivity contribution in [2.24, 2.45) is 0 Å². The van der Waals surface area contributed by atoms with Gasteiger partial charge < -0.3 is 14.8 Å². The van der Waals surface area contributed by atoms with Gasteiger partial charge in [-0.1, -0.05) is 42.5 Å². The normalized spacial score (nSPS) is 14.9. The third kappa shape index (κ3) is 4.11. The molecule has 6 nitrogen and oxygen atoms in total. The van der Waals surface area contributed by atoms with E-state index in [1.807, 2.05) is 91.0 Å². The number of nitrogens with one attached hydrogen (secondary N) is 1. The van der Waals surface area contributed by atoms with Crippen molar-refractivity contribution in [1.29, 1.82) is 0 Å². The molecule has 0 unspecified atom stereocenters. The van der Waals surface area contributed by atoms with E-state index in [4.69, 9.17) is 9.47 Å². The lowest BCUT2D eigenvalue weighted by Crippen LogP contribution is -2.43. The molecule has 0 saturated carbocycles. The number of ether oxygens (including phenoxy) is 2. The Kier molecular flexibility index (Phi) is 5.64. The van der Waals surface area contributed by atoms with Gasteiger partial charge in [-0.2, -0.15) is 0 Å². The summed E-state index contributed by atoms with van der Waals surface area (Å²) in [6.45, 7) is 0.288. The first-order valence-corrected chi connectivity index (χ1v) is 10.7. The van der Waals surface area contributed by atoms with Gasteiger partial charge in [-0.15, -0.1) is 0 Å². The number of benzene rings is 3. The zero-order valence-corrected chi connectivity index (χ0v) is 18.1. The Labute approximate surface area is 192 Å². The fourth-order valence-electron chi connectivity index (χ4n) is 4.01. The van der Waals surface area contributed by atoms with Gasteiger partial charge >= 0.3 is 0 Å².